The van der Waals surface area contributed by atoms with Crippen LogP contribution >= 0.6 is 0 Å². The SMILES string of the molecule is CCN(CCc1ccccc1)C(=O)c1ccc(OC)cc1. The van der Waals surface area contributed by atoms with Crippen molar-refractivity contribution in [2.45, 2.75) is 13.3 Å². The van der Waals surface area contributed by atoms with Crippen molar-refractivity contribution in [3.05, 3.63) is 65.7 Å². The summed E-state index contributed by atoms with van der Waals surface area (Å²) in [5.74, 6) is 0.829. The van der Waals surface area contributed by atoms with E-state index in [9.17, 15) is 4.79 Å². The predicted octanol–water partition coefficient (Wildman–Crippen LogP) is 3.40. The Morgan fingerprint density at radius 1 is 1.05 bits per heavy atom. The van der Waals surface area contributed by atoms with Crippen molar-refractivity contribution in [3.63, 3.8) is 0 Å². The molecule has 0 aliphatic rings. The van der Waals surface area contributed by atoms with Gasteiger partial charge in [-0.2, -0.15) is 0 Å². The van der Waals surface area contributed by atoms with Gasteiger partial charge in [0.05, 0.1) is 7.11 Å². The largest absolute Gasteiger partial charge is 0.497 e. The Balaban J connectivity index is 2.00. The summed E-state index contributed by atoms with van der Waals surface area (Å²) in [6, 6.07) is 17.5. The first-order chi connectivity index (χ1) is 10.2. The first kappa shape index (κ1) is 15.1. The highest BCUT2D eigenvalue weighted by Crippen LogP contribution is 2.13. The molecule has 21 heavy (non-hydrogen) atoms. The van der Waals surface area contributed by atoms with Gasteiger partial charge in [0, 0.05) is 18.7 Å². The van der Waals surface area contributed by atoms with Crippen molar-refractivity contribution in [2.24, 2.45) is 0 Å². The molecule has 0 unspecified atom stereocenters. The summed E-state index contributed by atoms with van der Waals surface area (Å²) < 4.78 is 5.12. The molecule has 0 spiro atoms. The highest BCUT2D eigenvalue weighted by Gasteiger charge is 2.13. The summed E-state index contributed by atoms with van der Waals surface area (Å²) in [7, 11) is 1.62. The van der Waals surface area contributed by atoms with Gasteiger partial charge in [-0.15, -0.1) is 0 Å². The Hall–Kier alpha value is -2.29. The molecule has 3 nitrogen and oxygen atoms in total. The predicted molar refractivity (Wildman–Crippen MR) is 84.7 cm³/mol. The maximum Gasteiger partial charge on any atom is 0.253 e. The molecule has 0 aromatic heterocycles. The van der Waals surface area contributed by atoms with E-state index in [4.69, 9.17) is 4.74 Å². The summed E-state index contributed by atoms with van der Waals surface area (Å²) >= 11 is 0. The Bertz CT molecular complexity index is 564. The normalized spacial score (nSPS) is 10.2. The number of benzene rings is 2. The Morgan fingerprint density at radius 3 is 2.29 bits per heavy atom. The molecule has 0 aliphatic carbocycles. The zero-order valence-electron chi connectivity index (χ0n) is 12.6. The van der Waals surface area contributed by atoms with E-state index in [0.717, 1.165) is 18.7 Å². The van der Waals surface area contributed by atoms with Gasteiger partial charge in [0.25, 0.3) is 5.91 Å². The van der Waals surface area contributed by atoms with E-state index in [1.54, 1.807) is 7.11 Å². The van der Waals surface area contributed by atoms with E-state index in [-0.39, 0.29) is 5.91 Å². The molecule has 0 N–H and O–H groups in total. The quantitative estimate of drug-likeness (QED) is 0.813. The molecule has 0 aliphatic heterocycles. The zero-order valence-corrected chi connectivity index (χ0v) is 12.6. The molecule has 0 atom stereocenters. The fourth-order valence-electron chi connectivity index (χ4n) is 2.23. The Morgan fingerprint density at radius 2 is 1.71 bits per heavy atom. The molecule has 0 bridgehead atoms. The lowest BCUT2D eigenvalue weighted by molar-refractivity contribution is 0.0766. The van der Waals surface area contributed by atoms with Crippen molar-refractivity contribution in [1.29, 1.82) is 0 Å². The van der Waals surface area contributed by atoms with Gasteiger partial charge >= 0.3 is 0 Å². The van der Waals surface area contributed by atoms with Gasteiger partial charge in [-0.05, 0) is 43.2 Å². The van der Waals surface area contributed by atoms with Crippen LogP contribution in [0.5, 0.6) is 5.75 Å². The van der Waals surface area contributed by atoms with Crippen molar-refractivity contribution < 1.29 is 9.53 Å². The first-order valence-electron chi connectivity index (χ1n) is 7.22. The number of methoxy groups -OCH3 is 1. The molecule has 110 valence electrons. The second kappa shape index (κ2) is 7.48. The number of amides is 1. The molecule has 0 radical (unpaired) electrons. The summed E-state index contributed by atoms with van der Waals surface area (Å²) in [6.45, 7) is 3.44. The summed E-state index contributed by atoms with van der Waals surface area (Å²) in [4.78, 5) is 14.4. The van der Waals surface area contributed by atoms with Gasteiger partial charge in [-0.3, -0.25) is 4.79 Å². The van der Waals surface area contributed by atoms with Crippen molar-refractivity contribution in [2.75, 3.05) is 20.2 Å². The van der Waals surface area contributed by atoms with Crippen molar-refractivity contribution in [1.82, 2.24) is 4.90 Å². The highest BCUT2D eigenvalue weighted by molar-refractivity contribution is 5.94. The molecule has 0 fully saturated rings. The molecule has 0 saturated carbocycles. The number of likely N-dealkylation sites (N-methyl/N-ethyl adjacent to an activating group) is 1. The fraction of sp³-hybridized carbons (Fsp3) is 0.278. The number of ether oxygens (including phenoxy) is 1. The van der Waals surface area contributed by atoms with Crippen molar-refractivity contribution >= 4 is 5.91 Å². The Kier molecular flexibility index (Phi) is 5.38. The van der Waals surface area contributed by atoms with Crippen LogP contribution in [-0.2, 0) is 6.42 Å². The highest BCUT2D eigenvalue weighted by atomic mass is 16.5. The Labute approximate surface area is 126 Å². The fourth-order valence-corrected chi connectivity index (χ4v) is 2.23. The maximum absolute atomic E-state index is 12.5. The van der Waals surface area contributed by atoms with E-state index >= 15 is 0 Å². The lowest BCUT2D eigenvalue weighted by Crippen LogP contribution is -2.32. The summed E-state index contributed by atoms with van der Waals surface area (Å²) in [5.41, 5.74) is 1.95. The number of carbonyl (C=O) groups is 1. The third kappa shape index (κ3) is 4.09. The zero-order chi connectivity index (χ0) is 15.1. The monoisotopic (exact) mass is 283 g/mol. The molecule has 0 saturated heterocycles. The summed E-state index contributed by atoms with van der Waals surface area (Å²) in [5, 5.41) is 0. The van der Waals surface area contributed by atoms with E-state index in [2.05, 4.69) is 12.1 Å². The van der Waals surface area contributed by atoms with E-state index < -0.39 is 0 Å². The van der Waals surface area contributed by atoms with Gasteiger partial charge in [0.15, 0.2) is 0 Å². The molecule has 2 rings (SSSR count). The van der Waals surface area contributed by atoms with Crippen molar-refractivity contribution in [3.8, 4) is 5.75 Å². The van der Waals surface area contributed by atoms with E-state index in [1.807, 2.05) is 54.3 Å². The summed E-state index contributed by atoms with van der Waals surface area (Å²) in [6.07, 6.45) is 0.872. The van der Waals surface area contributed by atoms with Crippen LogP contribution in [0.4, 0.5) is 0 Å². The standard InChI is InChI=1S/C18H21NO2/c1-3-19(14-13-15-7-5-4-6-8-15)18(20)16-9-11-17(21-2)12-10-16/h4-12H,3,13-14H2,1-2H3. The number of rotatable bonds is 6. The van der Waals surface area contributed by atoms with E-state index in [0.29, 0.717) is 12.1 Å². The van der Waals surface area contributed by atoms with Crippen LogP contribution < -0.4 is 4.74 Å². The molecular formula is C18H21NO2. The molecule has 3 heteroatoms. The minimum atomic E-state index is 0.0658. The third-order valence-electron chi connectivity index (χ3n) is 3.52. The second-order valence-electron chi connectivity index (χ2n) is 4.85. The average molecular weight is 283 g/mol. The van der Waals surface area contributed by atoms with Gasteiger partial charge in [0.2, 0.25) is 0 Å². The van der Waals surface area contributed by atoms with Crippen LogP contribution in [0, 0.1) is 0 Å². The van der Waals surface area contributed by atoms with Crippen LogP contribution in [0.15, 0.2) is 54.6 Å². The topological polar surface area (TPSA) is 29.5 Å². The van der Waals surface area contributed by atoms with Gasteiger partial charge in [0.1, 0.15) is 5.75 Å². The minimum Gasteiger partial charge on any atom is -0.497 e. The average Bonchev–Trinajstić information content (AvgIpc) is 2.56. The second-order valence-corrected chi connectivity index (χ2v) is 4.85. The van der Waals surface area contributed by atoms with Crippen LogP contribution in [0.2, 0.25) is 0 Å². The molecule has 1 amide bonds. The van der Waals surface area contributed by atoms with E-state index in [1.165, 1.54) is 5.56 Å². The first-order valence-corrected chi connectivity index (χ1v) is 7.22. The van der Waals surface area contributed by atoms with Crippen LogP contribution in [-0.4, -0.2) is 31.0 Å². The maximum atomic E-state index is 12.5. The molecular weight excluding hydrogens is 262 g/mol. The number of hydrogen-bond acceptors (Lipinski definition) is 2. The molecule has 2 aromatic carbocycles. The number of carbonyl (C=O) groups excluding carboxylic acids is 1. The van der Waals surface area contributed by atoms with Gasteiger partial charge in [-0.25, -0.2) is 0 Å². The lowest BCUT2D eigenvalue weighted by Gasteiger charge is -2.21. The van der Waals surface area contributed by atoms with Gasteiger partial charge in [-0.1, -0.05) is 30.3 Å². The van der Waals surface area contributed by atoms with Crippen LogP contribution in [0.25, 0.3) is 0 Å². The smallest absolute Gasteiger partial charge is 0.253 e. The van der Waals surface area contributed by atoms with Gasteiger partial charge < -0.3 is 9.64 Å². The minimum absolute atomic E-state index is 0.0658. The third-order valence-corrected chi connectivity index (χ3v) is 3.52. The van der Waals surface area contributed by atoms with Crippen LogP contribution in [0.1, 0.15) is 22.8 Å². The number of hydrogen-bond donors (Lipinski definition) is 0. The molecule has 0 heterocycles. The lowest BCUT2D eigenvalue weighted by atomic mass is 10.1. The van der Waals surface area contributed by atoms with Crippen LogP contribution in [0.3, 0.4) is 0 Å². The molecule has 2 aromatic rings. The number of nitrogens with zero attached hydrogens (tertiary/aromatic N) is 1.